The Bertz CT molecular complexity index is 407. The molecule has 1 N–H and O–H groups in total. The van der Waals surface area contributed by atoms with Gasteiger partial charge in [-0.1, -0.05) is 25.7 Å². The Balaban J connectivity index is 0.00000243. The van der Waals surface area contributed by atoms with Gasteiger partial charge in [0.1, 0.15) is 0 Å². The van der Waals surface area contributed by atoms with Gasteiger partial charge in [-0.25, -0.2) is 0 Å². The quantitative estimate of drug-likeness (QED) is 0.209. The highest BCUT2D eigenvalue weighted by molar-refractivity contribution is 14.0. The first-order chi connectivity index (χ1) is 12.3. The topological polar surface area (TPSA) is 40.1 Å². The number of likely N-dealkylation sites (tertiary alicyclic amines) is 2. The Labute approximate surface area is 177 Å². The van der Waals surface area contributed by atoms with E-state index in [1.807, 2.05) is 7.05 Å². The van der Waals surface area contributed by atoms with Crippen molar-refractivity contribution in [1.29, 1.82) is 0 Å². The average molecular weight is 478 g/mol. The van der Waals surface area contributed by atoms with Crippen LogP contribution in [-0.2, 0) is 4.74 Å². The van der Waals surface area contributed by atoms with Crippen molar-refractivity contribution >= 4 is 29.9 Å². The summed E-state index contributed by atoms with van der Waals surface area (Å²) in [4.78, 5) is 9.58. The van der Waals surface area contributed by atoms with Crippen LogP contribution in [0.15, 0.2) is 4.99 Å². The SMILES string of the molecule is CN=C(NCCOC1CCCCCC1)N1CCC(CN2CCCC2)C1.I. The van der Waals surface area contributed by atoms with Crippen molar-refractivity contribution in [1.82, 2.24) is 15.1 Å². The summed E-state index contributed by atoms with van der Waals surface area (Å²) in [6.07, 6.45) is 12.5. The summed E-state index contributed by atoms with van der Waals surface area (Å²) < 4.78 is 6.09. The molecule has 1 atom stereocenters. The summed E-state index contributed by atoms with van der Waals surface area (Å²) in [5.74, 6) is 1.87. The number of guanidine groups is 1. The Hall–Kier alpha value is -0.0800. The lowest BCUT2D eigenvalue weighted by Crippen LogP contribution is -2.42. The van der Waals surface area contributed by atoms with Crippen LogP contribution in [0.25, 0.3) is 0 Å². The molecule has 2 aliphatic heterocycles. The highest BCUT2D eigenvalue weighted by atomic mass is 127. The van der Waals surface area contributed by atoms with Gasteiger partial charge < -0.3 is 19.9 Å². The lowest BCUT2D eigenvalue weighted by atomic mass is 10.1. The van der Waals surface area contributed by atoms with Crippen molar-refractivity contribution in [3.63, 3.8) is 0 Å². The number of hydrogen-bond acceptors (Lipinski definition) is 3. The summed E-state index contributed by atoms with van der Waals surface area (Å²) in [7, 11) is 1.91. The molecule has 3 rings (SSSR count). The van der Waals surface area contributed by atoms with Crippen LogP contribution in [0, 0.1) is 5.92 Å². The molecule has 3 fully saturated rings. The monoisotopic (exact) mass is 478 g/mol. The first-order valence-electron chi connectivity index (χ1n) is 10.6. The van der Waals surface area contributed by atoms with Crippen LogP contribution in [0.4, 0.5) is 0 Å². The molecule has 6 heteroatoms. The number of nitrogens with one attached hydrogen (secondary N) is 1. The lowest BCUT2D eigenvalue weighted by Gasteiger charge is -2.24. The van der Waals surface area contributed by atoms with E-state index in [1.165, 1.54) is 77.4 Å². The molecule has 0 aromatic carbocycles. The van der Waals surface area contributed by atoms with Crippen LogP contribution in [0.1, 0.15) is 57.8 Å². The number of rotatable bonds is 6. The van der Waals surface area contributed by atoms with E-state index in [0.717, 1.165) is 38.1 Å². The fourth-order valence-corrected chi connectivity index (χ4v) is 4.63. The molecule has 1 unspecified atom stereocenters. The molecular weight excluding hydrogens is 439 g/mol. The number of aliphatic imine (C=N–C) groups is 1. The minimum absolute atomic E-state index is 0. The van der Waals surface area contributed by atoms with E-state index in [-0.39, 0.29) is 24.0 Å². The van der Waals surface area contributed by atoms with Crippen LogP contribution in [0.3, 0.4) is 0 Å². The van der Waals surface area contributed by atoms with E-state index in [1.54, 1.807) is 0 Å². The first kappa shape index (κ1) is 22.2. The van der Waals surface area contributed by atoms with E-state index < -0.39 is 0 Å². The van der Waals surface area contributed by atoms with E-state index in [0.29, 0.717) is 6.10 Å². The Morgan fingerprint density at radius 3 is 2.42 bits per heavy atom. The van der Waals surface area contributed by atoms with Crippen LogP contribution < -0.4 is 5.32 Å². The van der Waals surface area contributed by atoms with Crippen molar-refractivity contribution in [2.75, 3.05) is 52.9 Å². The molecule has 2 saturated heterocycles. The molecule has 26 heavy (non-hydrogen) atoms. The van der Waals surface area contributed by atoms with Gasteiger partial charge in [0.15, 0.2) is 5.96 Å². The molecule has 5 nitrogen and oxygen atoms in total. The summed E-state index contributed by atoms with van der Waals surface area (Å²) >= 11 is 0. The van der Waals surface area contributed by atoms with Crippen LogP contribution in [0.2, 0.25) is 0 Å². The highest BCUT2D eigenvalue weighted by Gasteiger charge is 2.27. The second-order valence-electron chi connectivity index (χ2n) is 8.07. The molecule has 0 bridgehead atoms. The smallest absolute Gasteiger partial charge is 0.193 e. The number of halogens is 1. The van der Waals surface area contributed by atoms with Crippen LogP contribution in [-0.4, -0.2) is 74.8 Å². The molecule has 0 spiro atoms. The third-order valence-electron chi connectivity index (χ3n) is 6.05. The maximum atomic E-state index is 6.09. The minimum atomic E-state index is 0. The third-order valence-corrected chi connectivity index (χ3v) is 6.05. The molecule has 0 radical (unpaired) electrons. The maximum absolute atomic E-state index is 6.09. The van der Waals surface area contributed by atoms with Gasteiger partial charge in [-0.2, -0.15) is 0 Å². The largest absolute Gasteiger partial charge is 0.376 e. The van der Waals surface area contributed by atoms with Crippen LogP contribution in [0.5, 0.6) is 0 Å². The first-order valence-corrected chi connectivity index (χ1v) is 10.6. The summed E-state index contributed by atoms with van der Waals surface area (Å²) in [5.41, 5.74) is 0. The van der Waals surface area contributed by atoms with E-state index in [4.69, 9.17) is 4.74 Å². The van der Waals surface area contributed by atoms with Crippen molar-refractivity contribution in [2.24, 2.45) is 10.9 Å². The fourth-order valence-electron chi connectivity index (χ4n) is 4.63. The second kappa shape index (κ2) is 12.4. The zero-order chi connectivity index (χ0) is 17.3. The van der Waals surface area contributed by atoms with Gasteiger partial charge in [-0.05, 0) is 51.1 Å². The van der Waals surface area contributed by atoms with Crippen molar-refractivity contribution in [3.8, 4) is 0 Å². The summed E-state index contributed by atoms with van der Waals surface area (Å²) in [6, 6.07) is 0. The van der Waals surface area contributed by atoms with Crippen molar-refractivity contribution < 1.29 is 4.74 Å². The summed E-state index contributed by atoms with van der Waals surface area (Å²) in [6.45, 7) is 7.86. The van der Waals surface area contributed by atoms with Gasteiger partial charge in [0.2, 0.25) is 0 Å². The minimum Gasteiger partial charge on any atom is -0.376 e. The summed E-state index contributed by atoms with van der Waals surface area (Å²) in [5, 5.41) is 3.52. The van der Waals surface area contributed by atoms with Gasteiger partial charge >= 0.3 is 0 Å². The van der Waals surface area contributed by atoms with E-state index >= 15 is 0 Å². The average Bonchev–Trinajstić information content (AvgIpc) is 3.23. The molecule has 2 heterocycles. The predicted molar refractivity (Wildman–Crippen MR) is 120 cm³/mol. The molecule has 0 aromatic rings. The normalized spacial score (nSPS) is 26.0. The maximum Gasteiger partial charge on any atom is 0.193 e. The number of nitrogens with zero attached hydrogens (tertiary/aromatic N) is 3. The predicted octanol–water partition coefficient (Wildman–Crippen LogP) is 3.34. The van der Waals surface area contributed by atoms with Gasteiger partial charge in [-0.15, -0.1) is 24.0 Å². The Morgan fingerprint density at radius 1 is 1.00 bits per heavy atom. The van der Waals surface area contributed by atoms with Gasteiger partial charge in [0, 0.05) is 33.2 Å². The number of ether oxygens (including phenoxy) is 1. The molecule has 152 valence electrons. The molecular formula is C20H39IN4O. The molecule has 0 amide bonds. The van der Waals surface area contributed by atoms with Gasteiger partial charge in [0.25, 0.3) is 0 Å². The van der Waals surface area contributed by atoms with E-state index in [2.05, 4.69) is 20.1 Å². The lowest BCUT2D eigenvalue weighted by molar-refractivity contribution is 0.0466. The second-order valence-corrected chi connectivity index (χ2v) is 8.07. The molecule has 1 saturated carbocycles. The van der Waals surface area contributed by atoms with E-state index in [9.17, 15) is 0 Å². The molecule has 0 aromatic heterocycles. The van der Waals surface area contributed by atoms with Gasteiger partial charge in [0.05, 0.1) is 12.7 Å². The zero-order valence-corrected chi connectivity index (χ0v) is 19.0. The standard InChI is InChI=1S/C20H38N4O.HI/c1-21-20(22-11-15-25-19-8-4-2-3-5-9-19)24-14-10-18(17-24)16-23-12-6-7-13-23;/h18-19H,2-17H2,1H3,(H,21,22);1H. The zero-order valence-electron chi connectivity index (χ0n) is 16.6. The van der Waals surface area contributed by atoms with Crippen LogP contribution >= 0.6 is 24.0 Å². The highest BCUT2D eigenvalue weighted by Crippen LogP contribution is 2.21. The van der Waals surface area contributed by atoms with Gasteiger partial charge in [-0.3, -0.25) is 4.99 Å². The van der Waals surface area contributed by atoms with Crippen molar-refractivity contribution in [2.45, 2.75) is 63.9 Å². The third kappa shape index (κ3) is 7.15. The Kier molecular flexibility index (Phi) is 10.6. The fraction of sp³-hybridized carbons (Fsp3) is 0.950. The molecule has 3 aliphatic rings. The number of hydrogen-bond donors (Lipinski definition) is 1. The molecule has 1 aliphatic carbocycles. The van der Waals surface area contributed by atoms with Crippen molar-refractivity contribution in [3.05, 3.63) is 0 Å². The Morgan fingerprint density at radius 2 is 1.73 bits per heavy atom.